The molecule has 0 aliphatic carbocycles. The third kappa shape index (κ3) is 17.3. The molecule has 2 fully saturated rings. The van der Waals surface area contributed by atoms with Gasteiger partial charge in [0.05, 0.1) is 8.95 Å². The fourth-order valence-electron chi connectivity index (χ4n) is 7.42. The standard InChI is InChI=1S/C46H56Br2O20/c1-23(49)57-21-37-39(59-25(3)51)41(61-27(5)53)43(63-29(7)55)45(67-37)65-35-17-15-31(19-33(35)47)13-11-9-10-12-14-32-16-18-36(34(48)20-32)66-46-44(64-30(8)56)42(62-28(6)54)40(60-26(4)52)38(68-46)22-58-24(2)50/h15-20,37-46H,9-14,21-22H2,1-8H3/t37-,38-,39-,40-,41+,42+,43+,44+,45+,46+/m1/s1. The van der Waals surface area contributed by atoms with Gasteiger partial charge in [0, 0.05) is 55.4 Å². The normalized spacial score (nSPS) is 24.3. The van der Waals surface area contributed by atoms with Crippen molar-refractivity contribution in [1.29, 1.82) is 0 Å². The molecule has 0 spiro atoms. The molecule has 0 amide bonds. The minimum absolute atomic E-state index is 0.301. The molecule has 2 aromatic carbocycles. The number of benzene rings is 2. The summed E-state index contributed by atoms with van der Waals surface area (Å²) in [5.74, 6) is -5.18. The second-order valence-corrected chi connectivity index (χ2v) is 17.5. The minimum atomic E-state index is -1.38. The zero-order chi connectivity index (χ0) is 50.2. The zero-order valence-corrected chi connectivity index (χ0v) is 42.0. The van der Waals surface area contributed by atoms with Crippen molar-refractivity contribution in [3.8, 4) is 11.5 Å². The van der Waals surface area contributed by atoms with Crippen molar-refractivity contribution in [1.82, 2.24) is 0 Å². The smallest absolute Gasteiger partial charge is 0.303 e. The van der Waals surface area contributed by atoms with Gasteiger partial charge in [-0.3, -0.25) is 38.4 Å². The van der Waals surface area contributed by atoms with E-state index in [1.165, 1.54) is 13.8 Å². The molecule has 2 aromatic rings. The van der Waals surface area contributed by atoms with Crippen LogP contribution in [-0.4, -0.2) is 122 Å². The van der Waals surface area contributed by atoms with E-state index in [1.807, 2.05) is 24.3 Å². The molecule has 0 bridgehead atoms. The van der Waals surface area contributed by atoms with E-state index in [4.69, 9.17) is 56.8 Å². The van der Waals surface area contributed by atoms with E-state index < -0.39 is 109 Å². The maximum Gasteiger partial charge on any atom is 0.303 e. The fraction of sp³-hybridized carbons (Fsp3) is 0.565. The first-order valence-electron chi connectivity index (χ1n) is 21.6. The van der Waals surface area contributed by atoms with Gasteiger partial charge in [0.25, 0.3) is 0 Å². The largest absolute Gasteiger partial charge is 0.463 e. The van der Waals surface area contributed by atoms with Gasteiger partial charge >= 0.3 is 47.8 Å². The summed E-state index contributed by atoms with van der Waals surface area (Å²) in [5.41, 5.74) is 2.00. The average Bonchev–Trinajstić information content (AvgIpc) is 3.22. The molecule has 4 rings (SSSR count). The van der Waals surface area contributed by atoms with Crippen LogP contribution >= 0.6 is 31.9 Å². The van der Waals surface area contributed by atoms with Crippen molar-refractivity contribution < 1.29 is 95.2 Å². The Morgan fingerprint density at radius 2 is 0.735 bits per heavy atom. The topological polar surface area (TPSA) is 247 Å². The summed E-state index contributed by atoms with van der Waals surface area (Å²) in [7, 11) is 0. The predicted octanol–water partition coefficient (Wildman–Crippen LogP) is 5.48. The van der Waals surface area contributed by atoms with Gasteiger partial charge in [-0.1, -0.05) is 25.0 Å². The molecule has 68 heavy (non-hydrogen) atoms. The van der Waals surface area contributed by atoms with Crippen LogP contribution in [0.5, 0.6) is 11.5 Å². The predicted molar refractivity (Wildman–Crippen MR) is 239 cm³/mol. The molecular formula is C46H56Br2O20. The minimum Gasteiger partial charge on any atom is -0.463 e. The van der Waals surface area contributed by atoms with E-state index in [1.54, 1.807) is 12.1 Å². The fourth-order valence-corrected chi connectivity index (χ4v) is 8.46. The Morgan fingerprint density at radius 1 is 0.426 bits per heavy atom. The van der Waals surface area contributed by atoms with Crippen molar-refractivity contribution in [2.45, 2.75) is 155 Å². The molecule has 0 unspecified atom stereocenters. The van der Waals surface area contributed by atoms with Crippen molar-refractivity contribution in [2.24, 2.45) is 0 Å². The Hall–Kier alpha value is -5.32. The van der Waals surface area contributed by atoms with Crippen molar-refractivity contribution >= 4 is 79.6 Å². The maximum absolute atomic E-state index is 12.2. The summed E-state index contributed by atoms with van der Waals surface area (Å²) in [6.07, 6.45) is -8.14. The van der Waals surface area contributed by atoms with Crippen molar-refractivity contribution in [2.75, 3.05) is 13.2 Å². The van der Waals surface area contributed by atoms with E-state index in [0.29, 0.717) is 20.4 Å². The summed E-state index contributed by atoms with van der Waals surface area (Å²) in [5, 5.41) is 0. The molecule has 2 heterocycles. The van der Waals surface area contributed by atoms with Crippen molar-refractivity contribution in [3.05, 3.63) is 56.5 Å². The average molecular weight is 1090 g/mol. The molecular weight excluding hydrogens is 1030 g/mol. The number of ether oxygens (including phenoxy) is 12. The molecule has 0 saturated carbocycles. The molecule has 20 nitrogen and oxygen atoms in total. The van der Waals surface area contributed by atoms with Crippen LogP contribution in [0.2, 0.25) is 0 Å². The van der Waals surface area contributed by atoms with Gasteiger partial charge in [-0.2, -0.15) is 0 Å². The Kier molecular flexibility index (Phi) is 21.5. The monoisotopic (exact) mass is 1090 g/mol. The highest BCUT2D eigenvalue weighted by molar-refractivity contribution is 9.11. The molecule has 10 atom stereocenters. The highest BCUT2D eigenvalue weighted by Gasteiger charge is 2.55. The van der Waals surface area contributed by atoms with Crippen LogP contribution in [-0.2, 0) is 98.6 Å². The lowest BCUT2D eigenvalue weighted by Crippen LogP contribution is -2.63. The number of hydrogen-bond donors (Lipinski definition) is 0. The summed E-state index contributed by atoms with van der Waals surface area (Å²) in [6.45, 7) is 8.43. The van der Waals surface area contributed by atoms with Gasteiger partial charge in [-0.05, 0) is 92.9 Å². The van der Waals surface area contributed by atoms with Crippen molar-refractivity contribution in [3.63, 3.8) is 0 Å². The van der Waals surface area contributed by atoms with Crippen LogP contribution in [0, 0.1) is 0 Å². The van der Waals surface area contributed by atoms with Crippen LogP contribution in [0.4, 0.5) is 0 Å². The number of halogens is 2. The van der Waals surface area contributed by atoms with Gasteiger partial charge < -0.3 is 56.8 Å². The van der Waals surface area contributed by atoms with Gasteiger partial charge in [0.2, 0.25) is 24.8 Å². The number of unbranched alkanes of at least 4 members (excludes halogenated alkanes) is 3. The highest BCUT2D eigenvalue weighted by atomic mass is 79.9. The quantitative estimate of drug-likeness (QED) is 0.0853. The van der Waals surface area contributed by atoms with Gasteiger partial charge in [0.15, 0.2) is 24.4 Å². The number of aryl methyl sites for hydroxylation is 2. The number of rotatable bonds is 21. The van der Waals surface area contributed by atoms with E-state index in [9.17, 15) is 38.4 Å². The third-order valence-corrected chi connectivity index (χ3v) is 11.3. The Bertz CT molecular complexity index is 1980. The maximum atomic E-state index is 12.2. The second kappa shape index (κ2) is 26.4. The highest BCUT2D eigenvalue weighted by Crippen LogP contribution is 2.36. The number of hydrogen-bond acceptors (Lipinski definition) is 20. The van der Waals surface area contributed by atoms with E-state index >= 15 is 0 Å². The van der Waals surface area contributed by atoms with Gasteiger partial charge in [-0.15, -0.1) is 0 Å². The van der Waals surface area contributed by atoms with E-state index in [0.717, 1.165) is 91.2 Å². The number of carbonyl (C=O) groups is 8. The Labute approximate surface area is 409 Å². The summed E-state index contributed by atoms with van der Waals surface area (Å²) in [4.78, 5) is 96.3. The van der Waals surface area contributed by atoms with Crippen LogP contribution in [0.25, 0.3) is 0 Å². The Morgan fingerprint density at radius 3 is 1.03 bits per heavy atom. The first-order valence-corrected chi connectivity index (χ1v) is 23.2. The molecule has 22 heteroatoms. The molecule has 2 saturated heterocycles. The van der Waals surface area contributed by atoms with E-state index in [2.05, 4.69) is 31.9 Å². The number of esters is 8. The first-order chi connectivity index (χ1) is 32.1. The molecule has 0 N–H and O–H groups in total. The lowest BCUT2D eigenvalue weighted by molar-refractivity contribution is -0.288. The summed E-state index contributed by atoms with van der Waals surface area (Å²) >= 11 is 7.11. The van der Waals surface area contributed by atoms with Crippen LogP contribution in [0.3, 0.4) is 0 Å². The molecule has 0 radical (unpaired) electrons. The number of carbonyl (C=O) groups excluding carboxylic acids is 8. The lowest BCUT2D eigenvalue weighted by Gasteiger charge is -2.44. The summed E-state index contributed by atoms with van der Waals surface area (Å²) in [6, 6.07) is 10.9. The zero-order valence-electron chi connectivity index (χ0n) is 38.8. The van der Waals surface area contributed by atoms with Crippen LogP contribution in [0.15, 0.2) is 45.3 Å². The summed E-state index contributed by atoms with van der Waals surface area (Å²) < 4.78 is 68.7. The van der Waals surface area contributed by atoms with Gasteiger partial charge in [-0.25, -0.2) is 0 Å². The Balaban J connectivity index is 1.36. The molecule has 2 aliphatic rings. The van der Waals surface area contributed by atoms with Gasteiger partial charge in [0.1, 0.15) is 36.9 Å². The van der Waals surface area contributed by atoms with Crippen LogP contribution < -0.4 is 9.47 Å². The lowest BCUT2D eigenvalue weighted by atomic mass is 9.98. The molecule has 374 valence electrons. The van der Waals surface area contributed by atoms with Crippen LogP contribution in [0.1, 0.15) is 92.2 Å². The second-order valence-electron chi connectivity index (χ2n) is 15.8. The third-order valence-electron chi connectivity index (χ3n) is 10.1. The SMILES string of the molecule is CC(=O)OC[C@H]1O[C@H](Oc2ccc(CCCCCCc3ccc(O[C@H]4O[C@H](COC(C)=O)[C@@H](OC(C)=O)[C@H](OC(C)=O)[C@@H]4OC(C)=O)c(Br)c3)cc2Br)[C@@H](OC(C)=O)[C@@H](OC(C)=O)[C@@H]1OC(C)=O. The molecule has 0 aromatic heterocycles. The molecule has 2 aliphatic heterocycles. The first kappa shape index (κ1) is 55.3. The van der Waals surface area contributed by atoms with E-state index in [-0.39, 0.29) is 13.2 Å².